The number of anilines is 1. The molecule has 1 atom stereocenters. The van der Waals surface area contributed by atoms with E-state index in [9.17, 15) is 28.1 Å². The van der Waals surface area contributed by atoms with Crippen molar-refractivity contribution >= 4 is 33.2 Å². The van der Waals surface area contributed by atoms with Crippen molar-refractivity contribution in [2.75, 3.05) is 17.1 Å². The summed E-state index contributed by atoms with van der Waals surface area (Å²) in [5.74, 6) is -0.901. The Morgan fingerprint density at radius 1 is 1.11 bits per heavy atom. The fraction of sp³-hybridized carbons (Fsp3) is 0.417. The second kappa shape index (κ2) is 11.3. The molecule has 0 aliphatic heterocycles. The Labute approximate surface area is 205 Å². The van der Waals surface area contributed by atoms with Crippen LogP contribution in [-0.2, 0) is 26.2 Å². The molecule has 0 bridgehead atoms. The van der Waals surface area contributed by atoms with Gasteiger partial charge in [-0.05, 0) is 31.4 Å². The number of amides is 2. The van der Waals surface area contributed by atoms with Crippen molar-refractivity contribution in [1.29, 1.82) is 0 Å². The summed E-state index contributed by atoms with van der Waals surface area (Å²) in [6, 6.07) is 13.4. The minimum atomic E-state index is -3.96. The van der Waals surface area contributed by atoms with Gasteiger partial charge in [0.2, 0.25) is 21.8 Å². The molecule has 2 aromatic rings. The molecule has 0 radical (unpaired) electrons. The highest BCUT2D eigenvalue weighted by atomic mass is 32.2. The van der Waals surface area contributed by atoms with Gasteiger partial charge in [0.1, 0.15) is 12.6 Å². The number of benzene rings is 2. The van der Waals surface area contributed by atoms with Crippen LogP contribution in [0.4, 0.5) is 11.4 Å². The van der Waals surface area contributed by atoms with E-state index in [1.165, 1.54) is 23.1 Å². The highest BCUT2D eigenvalue weighted by Gasteiger charge is 2.31. The molecule has 1 N–H and O–H groups in total. The number of hydrogen-bond acceptors (Lipinski definition) is 6. The Morgan fingerprint density at radius 3 is 2.37 bits per heavy atom. The molecule has 0 unspecified atom stereocenters. The summed E-state index contributed by atoms with van der Waals surface area (Å²) < 4.78 is 26.0. The summed E-state index contributed by atoms with van der Waals surface area (Å²) in [6.07, 6.45) is 4.79. The molecule has 0 aromatic heterocycles. The Bertz CT molecular complexity index is 1170. The van der Waals surface area contributed by atoms with Crippen molar-refractivity contribution in [2.24, 2.45) is 0 Å². The maximum absolute atomic E-state index is 13.5. The standard InChI is InChI=1S/C24H30N4O6S/c1-18(24(30)25-20-11-6-7-12-20)26(16-19-9-4-3-5-10-19)23(29)17-27(35(2,33)34)21-13-8-14-22(15-21)28(31)32/h3-5,8-10,13-15,18,20H,6-7,11-12,16-17H2,1-2H3,(H,25,30)/t18-/m0/s1. The van der Waals surface area contributed by atoms with Gasteiger partial charge in [0.15, 0.2) is 0 Å². The van der Waals surface area contributed by atoms with Gasteiger partial charge in [-0.15, -0.1) is 0 Å². The Balaban J connectivity index is 1.88. The summed E-state index contributed by atoms with van der Waals surface area (Å²) in [5.41, 5.74) is 0.481. The van der Waals surface area contributed by atoms with E-state index in [1.54, 1.807) is 6.92 Å². The predicted octanol–water partition coefficient (Wildman–Crippen LogP) is 2.84. The lowest BCUT2D eigenvalue weighted by molar-refractivity contribution is -0.384. The molecule has 10 nitrogen and oxygen atoms in total. The molecule has 188 valence electrons. The third-order valence-corrected chi connectivity index (χ3v) is 7.21. The average molecular weight is 503 g/mol. The molecule has 0 spiro atoms. The first-order valence-corrected chi connectivity index (χ1v) is 13.3. The number of carbonyl (C=O) groups excluding carboxylic acids is 2. The molecular formula is C24H30N4O6S. The van der Waals surface area contributed by atoms with E-state index < -0.39 is 33.4 Å². The Morgan fingerprint density at radius 2 is 1.77 bits per heavy atom. The van der Waals surface area contributed by atoms with Gasteiger partial charge < -0.3 is 10.2 Å². The van der Waals surface area contributed by atoms with Crippen molar-refractivity contribution in [3.8, 4) is 0 Å². The normalized spacial score (nSPS) is 14.8. The Hall–Kier alpha value is -3.47. The molecule has 1 aliphatic rings. The lowest BCUT2D eigenvalue weighted by Crippen LogP contribution is -2.52. The van der Waals surface area contributed by atoms with Crippen LogP contribution in [0.25, 0.3) is 0 Å². The summed E-state index contributed by atoms with van der Waals surface area (Å²) in [6.45, 7) is 1.11. The molecule has 0 heterocycles. The van der Waals surface area contributed by atoms with Crippen LogP contribution in [0.15, 0.2) is 54.6 Å². The topological polar surface area (TPSA) is 130 Å². The maximum Gasteiger partial charge on any atom is 0.271 e. The van der Waals surface area contributed by atoms with Gasteiger partial charge in [-0.1, -0.05) is 49.2 Å². The second-order valence-electron chi connectivity index (χ2n) is 8.72. The van der Waals surface area contributed by atoms with Crippen molar-refractivity contribution in [3.05, 3.63) is 70.3 Å². The van der Waals surface area contributed by atoms with Crippen LogP contribution in [-0.4, -0.2) is 54.9 Å². The van der Waals surface area contributed by atoms with Crippen LogP contribution in [0.5, 0.6) is 0 Å². The molecule has 35 heavy (non-hydrogen) atoms. The number of rotatable bonds is 10. The van der Waals surface area contributed by atoms with Crippen LogP contribution < -0.4 is 9.62 Å². The van der Waals surface area contributed by atoms with Crippen LogP contribution in [0.3, 0.4) is 0 Å². The monoisotopic (exact) mass is 502 g/mol. The largest absolute Gasteiger partial charge is 0.352 e. The van der Waals surface area contributed by atoms with E-state index in [1.807, 2.05) is 30.3 Å². The molecule has 11 heteroatoms. The molecule has 3 rings (SSSR count). The summed E-state index contributed by atoms with van der Waals surface area (Å²) >= 11 is 0. The zero-order valence-electron chi connectivity index (χ0n) is 19.8. The maximum atomic E-state index is 13.5. The lowest BCUT2D eigenvalue weighted by Gasteiger charge is -2.32. The predicted molar refractivity (Wildman–Crippen MR) is 132 cm³/mol. The number of sulfonamides is 1. The van der Waals surface area contributed by atoms with Gasteiger partial charge in [-0.3, -0.25) is 24.0 Å². The SMILES string of the molecule is C[C@@H](C(=O)NC1CCCC1)N(Cc1ccccc1)C(=O)CN(c1cccc([N+](=O)[O-])c1)S(C)(=O)=O. The number of nitrogens with zero attached hydrogens (tertiary/aromatic N) is 3. The number of non-ortho nitro benzene ring substituents is 1. The van der Waals surface area contributed by atoms with Crippen molar-refractivity contribution in [1.82, 2.24) is 10.2 Å². The van der Waals surface area contributed by atoms with E-state index in [4.69, 9.17) is 0 Å². The molecule has 1 fully saturated rings. The van der Waals surface area contributed by atoms with Crippen molar-refractivity contribution in [2.45, 2.75) is 51.2 Å². The third-order valence-electron chi connectivity index (χ3n) is 6.07. The molecule has 2 amide bonds. The van der Waals surface area contributed by atoms with Gasteiger partial charge in [0, 0.05) is 24.7 Å². The minimum Gasteiger partial charge on any atom is -0.352 e. The lowest BCUT2D eigenvalue weighted by atomic mass is 10.1. The van der Waals surface area contributed by atoms with E-state index in [-0.39, 0.29) is 29.9 Å². The fourth-order valence-corrected chi connectivity index (χ4v) is 4.97. The number of nitro groups is 1. The van der Waals surface area contributed by atoms with E-state index in [0.29, 0.717) is 0 Å². The van der Waals surface area contributed by atoms with Crippen LogP contribution in [0.2, 0.25) is 0 Å². The van der Waals surface area contributed by atoms with Crippen molar-refractivity contribution in [3.63, 3.8) is 0 Å². The number of nitrogens with one attached hydrogen (secondary N) is 1. The molecule has 0 saturated heterocycles. The zero-order valence-corrected chi connectivity index (χ0v) is 20.6. The third kappa shape index (κ3) is 7.01. The van der Waals surface area contributed by atoms with Crippen LogP contribution in [0.1, 0.15) is 38.2 Å². The molecular weight excluding hydrogens is 472 g/mol. The number of carbonyl (C=O) groups is 2. The fourth-order valence-electron chi connectivity index (χ4n) is 4.13. The summed E-state index contributed by atoms with van der Waals surface area (Å²) in [4.78, 5) is 38.4. The van der Waals surface area contributed by atoms with Gasteiger partial charge >= 0.3 is 0 Å². The second-order valence-corrected chi connectivity index (χ2v) is 10.6. The van der Waals surface area contributed by atoms with Gasteiger partial charge in [0.25, 0.3) is 5.69 Å². The van der Waals surface area contributed by atoms with Crippen molar-refractivity contribution < 1.29 is 22.9 Å². The van der Waals surface area contributed by atoms with E-state index in [0.717, 1.165) is 47.9 Å². The number of nitro benzene ring substituents is 1. The van der Waals surface area contributed by atoms with E-state index >= 15 is 0 Å². The summed E-state index contributed by atoms with van der Waals surface area (Å²) in [5, 5.41) is 14.2. The summed E-state index contributed by atoms with van der Waals surface area (Å²) in [7, 11) is -3.96. The van der Waals surface area contributed by atoms with Crippen LogP contribution >= 0.6 is 0 Å². The molecule has 2 aromatic carbocycles. The smallest absolute Gasteiger partial charge is 0.271 e. The Kier molecular flexibility index (Phi) is 8.44. The quantitative estimate of drug-likeness (QED) is 0.393. The van der Waals surface area contributed by atoms with E-state index in [2.05, 4.69) is 5.32 Å². The minimum absolute atomic E-state index is 0.00206. The van der Waals surface area contributed by atoms with Gasteiger partial charge in [-0.25, -0.2) is 8.42 Å². The van der Waals surface area contributed by atoms with Crippen LogP contribution in [0, 0.1) is 10.1 Å². The first-order chi connectivity index (χ1) is 16.6. The first-order valence-electron chi connectivity index (χ1n) is 11.4. The number of hydrogen-bond donors (Lipinski definition) is 1. The van der Waals surface area contributed by atoms with Gasteiger partial charge in [-0.2, -0.15) is 0 Å². The zero-order chi connectivity index (χ0) is 25.6. The van der Waals surface area contributed by atoms with Gasteiger partial charge in [0.05, 0.1) is 16.9 Å². The first kappa shape index (κ1) is 26.1. The highest BCUT2D eigenvalue weighted by Crippen LogP contribution is 2.24. The molecule has 1 saturated carbocycles. The average Bonchev–Trinajstić information content (AvgIpc) is 3.33. The highest BCUT2D eigenvalue weighted by molar-refractivity contribution is 7.92. The molecule has 1 aliphatic carbocycles.